The fourth-order valence-corrected chi connectivity index (χ4v) is 3.00. The van der Waals surface area contributed by atoms with Crippen LogP contribution in [0.3, 0.4) is 0 Å². The smallest absolute Gasteiger partial charge is 0.435 e. The van der Waals surface area contributed by atoms with Crippen molar-refractivity contribution in [2.24, 2.45) is 7.05 Å². The second-order valence-electron chi connectivity index (χ2n) is 6.41. The van der Waals surface area contributed by atoms with Gasteiger partial charge in [-0.05, 0) is 36.4 Å². The summed E-state index contributed by atoms with van der Waals surface area (Å²) in [6, 6.07) is 6.92. The van der Waals surface area contributed by atoms with E-state index in [1.54, 1.807) is 0 Å². The molecule has 0 bridgehead atoms. The van der Waals surface area contributed by atoms with Gasteiger partial charge in [-0.25, -0.2) is 0 Å². The molecule has 1 amide bonds. The van der Waals surface area contributed by atoms with Crippen molar-refractivity contribution >= 4 is 23.2 Å². The second-order valence-corrected chi connectivity index (χ2v) is 6.82. The van der Waals surface area contributed by atoms with E-state index in [1.165, 1.54) is 19.2 Å². The molecule has 1 aromatic heterocycles. The molecule has 0 atom stereocenters. The van der Waals surface area contributed by atoms with Crippen molar-refractivity contribution in [3.63, 3.8) is 0 Å². The lowest BCUT2D eigenvalue weighted by Gasteiger charge is -2.12. The van der Waals surface area contributed by atoms with Gasteiger partial charge in [0.05, 0.1) is 16.3 Å². The standard InChI is InChI=1S/C19H12ClF6N3O2/c1-29-14(8-16(28-29)19(24,25)26)11-4-3-10(7-15(11)30)27-17(31)9-2-5-13(20)12(6-9)18(21,22)23/h2-8,30H,1H3,(H,27,31). The molecule has 2 N–H and O–H groups in total. The summed E-state index contributed by atoms with van der Waals surface area (Å²) in [6.07, 6.45) is -9.43. The van der Waals surface area contributed by atoms with Crippen LogP contribution in [0.1, 0.15) is 21.6 Å². The van der Waals surface area contributed by atoms with Gasteiger partial charge in [0.15, 0.2) is 5.69 Å². The van der Waals surface area contributed by atoms with Gasteiger partial charge in [0.1, 0.15) is 5.75 Å². The first-order chi connectivity index (χ1) is 14.3. The van der Waals surface area contributed by atoms with Crippen molar-refractivity contribution in [2.75, 3.05) is 5.32 Å². The number of aromatic hydroxyl groups is 1. The minimum atomic E-state index is -4.76. The molecule has 3 aromatic rings. The largest absolute Gasteiger partial charge is 0.507 e. The number of hydrogen-bond donors (Lipinski definition) is 2. The number of aromatic nitrogens is 2. The van der Waals surface area contributed by atoms with Crippen molar-refractivity contribution in [3.8, 4) is 17.0 Å². The summed E-state index contributed by atoms with van der Waals surface area (Å²) in [5.41, 5.74) is -2.68. The zero-order valence-electron chi connectivity index (χ0n) is 15.4. The van der Waals surface area contributed by atoms with Crippen LogP contribution in [-0.2, 0) is 19.4 Å². The van der Waals surface area contributed by atoms with E-state index in [9.17, 15) is 36.2 Å². The van der Waals surface area contributed by atoms with Crippen LogP contribution < -0.4 is 5.32 Å². The minimum Gasteiger partial charge on any atom is -0.507 e. The van der Waals surface area contributed by atoms with Crippen molar-refractivity contribution in [2.45, 2.75) is 12.4 Å². The quantitative estimate of drug-likeness (QED) is 0.487. The van der Waals surface area contributed by atoms with Crippen molar-refractivity contribution < 1.29 is 36.2 Å². The molecule has 0 radical (unpaired) electrons. The predicted octanol–water partition coefficient (Wildman–Crippen LogP) is 5.74. The van der Waals surface area contributed by atoms with Gasteiger partial charge in [0, 0.05) is 29.9 Å². The number of phenols is 1. The third kappa shape index (κ3) is 4.76. The van der Waals surface area contributed by atoms with Gasteiger partial charge < -0.3 is 10.4 Å². The molecule has 0 saturated heterocycles. The Hall–Kier alpha value is -3.21. The maximum Gasteiger partial charge on any atom is 0.435 e. The monoisotopic (exact) mass is 463 g/mol. The van der Waals surface area contributed by atoms with Crippen LogP contribution in [-0.4, -0.2) is 20.8 Å². The fraction of sp³-hybridized carbons (Fsp3) is 0.158. The first kappa shape index (κ1) is 22.5. The van der Waals surface area contributed by atoms with E-state index < -0.39 is 40.3 Å². The maximum absolute atomic E-state index is 13.0. The van der Waals surface area contributed by atoms with E-state index in [2.05, 4.69) is 10.4 Å². The molecular formula is C19H12ClF6N3O2. The lowest BCUT2D eigenvalue weighted by molar-refractivity contribution is -0.141. The zero-order chi connectivity index (χ0) is 23.1. The first-order valence-corrected chi connectivity index (χ1v) is 8.78. The zero-order valence-corrected chi connectivity index (χ0v) is 16.2. The average molecular weight is 464 g/mol. The number of benzene rings is 2. The summed E-state index contributed by atoms with van der Waals surface area (Å²) >= 11 is 5.52. The molecule has 164 valence electrons. The highest BCUT2D eigenvalue weighted by Crippen LogP contribution is 2.37. The van der Waals surface area contributed by atoms with Crippen LogP contribution in [0.15, 0.2) is 42.5 Å². The number of amides is 1. The number of anilines is 1. The minimum absolute atomic E-state index is 0.00738. The summed E-state index contributed by atoms with van der Waals surface area (Å²) in [7, 11) is 1.26. The van der Waals surface area contributed by atoms with Gasteiger partial charge in [-0.3, -0.25) is 9.48 Å². The Bertz CT molecular complexity index is 1150. The molecule has 3 rings (SSSR count). The van der Waals surface area contributed by atoms with Crippen LogP contribution in [0.4, 0.5) is 32.0 Å². The topological polar surface area (TPSA) is 67.2 Å². The number of phenolic OH excluding ortho intramolecular Hbond substituents is 1. The summed E-state index contributed by atoms with van der Waals surface area (Å²) < 4.78 is 78.3. The normalized spacial score (nSPS) is 12.1. The van der Waals surface area contributed by atoms with E-state index in [0.29, 0.717) is 6.07 Å². The van der Waals surface area contributed by atoms with Gasteiger partial charge in [-0.1, -0.05) is 11.6 Å². The summed E-state index contributed by atoms with van der Waals surface area (Å²) in [5.74, 6) is -1.38. The Morgan fingerprint density at radius 2 is 1.71 bits per heavy atom. The van der Waals surface area contributed by atoms with E-state index in [0.717, 1.165) is 28.9 Å². The summed E-state index contributed by atoms with van der Waals surface area (Å²) in [4.78, 5) is 12.3. The molecule has 1 heterocycles. The molecule has 0 aliphatic carbocycles. The van der Waals surface area contributed by atoms with E-state index >= 15 is 0 Å². The second kappa shape index (κ2) is 7.80. The molecule has 12 heteroatoms. The van der Waals surface area contributed by atoms with Crippen LogP contribution in [0.2, 0.25) is 5.02 Å². The number of carbonyl (C=O) groups excluding carboxylic acids is 1. The Morgan fingerprint density at radius 3 is 2.26 bits per heavy atom. The molecule has 0 fully saturated rings. The van der Waals surface area contributed by atoms with E-state index in [1.807, 2.05) is 0 Å². The number of carbonyl (C=O) groups is 1. The number of hydrogen-bond acceptors (Lipinski definition) is 3. The van der Waals surface area contributed by atoms with E-state index in [-0.39, 0.29) is 22.5 Å². The van der Waals surface area contributed by atoms with Gasteiger partial charge in [-0.2, -0.15) is 31.4 Å². The maximum atomic E-state index is 13.0. The molecular weight excluding hydrogens is 452 g/mol. The van der Waals surface area contributed by atoms with Gasteiger partial charge in [0.2, 0.25) is 0 Å². The van der Waals surface area contributed by atoms with Crippen LogP contribution in [0.25, 0.3) is 11.3 Å². The Labute approximate surface area is 175 Å². The Kier molecular flexibility index (Phi) is 5.66. The van der Waals surface area contributed by atoms with Crippen LogP contribution in [0, 0.1) is 0 Å². The molecule has 5 nitrogen and oxygen atoms in total. The molecule has 2 aromatic carbocycles. The predicted molar refractivity (Wildman–Crippen MR) is 99.7 cm³/mol. The highest BCUT2D eigenvalue weighted by Gasteiger charge is 2.35. The van der Waals surface area contributed by atoms with E-state index in [4.69, 9.17) is 11.6 Å². The lowest BCUT2D eigenvalue weighted by atomic mass is 10.1. The van der Waals surface area contributed by atoms with Crippen LogP contribution in [0.5, 0.6) is 5.75 Å². The number of aryl methyl sites for hydroxylation is 1. The average Bonchev–Trinajstić information content (AvgIpc) is 3.03. The number of nitrogens with one attached hydrogen (secondary N) is 1. The SMILES string of the molecule is Cn1nc(C(F)(F)F)cc1-c1ccc(NC(=O)c2ccc(Cl)c(C(F)(F)F)c2)cc1O. The fourth-order valence-electron chi connectivity index (χ4n) is 2.77. The lowest BCUT2D eigenvalue weighted by Crippen LogP contribution is -2.14. The highest BCUT2D eigenvalue weighted by molar-refractivity contribution is 6.31. The summed E-state index contributed by atoms with van der Waals surface area (Å²) in [5, 5.41) is 15.3. The van der Waals surface area contributed by atoms with Gasteiger partial charge >= 0.3 is 12.4 Å². The van der Waals surface area contributed by atoms with Crippen molar-refractivity contribution in [1.82, 2.24) is 9.78 Å². The highest BCUT2D eigenvalue weighted by atomic mass is 35.5. The first-order valence-electron chi connectivity index (χ1n) is 8.40. The third-order valence-electron chi connectivity index (χ3n) is 4.24. The van der Waals surface area contributed by atoms with Crippen molar-refractivity contribution in [3.05, 3.63) is 64.3 Å². The molecule has 0 spiro atoms. The third-order valence-corrected chi connectivity index (χ3v) is 4.57. The number of nitrogens with zero attached hydrogens (tertiary/aromatic N) is 2. The number of halogens is 7. The van der Waals surface area contributed by atoms with Crippen molar-refractivity contribution in [1.29, 1.82) is 0 Å². The molecule has 31 heavy (non-hydrogen) atoms. The molecule has 0 saturated carbocycles. The summed E-state index contributed by atoms with van der Waals surface area (Å²) in [6.45, 7) is 0. The molecule has 0 unspecified atom stereocenters. The van der Waals surface area contributed by atoms with Gasteiger partial charge in [-0.15, -0.1) is 0 Å². The molecule has 0 aliphatic heterocycles. The Morgan fingerprint density at radius 1 is 1.03 bits per heavy atom. The number of rotatable bonds is 3. The molecule has 0 aliphatic rings. The van der Waals surface area contributed by atoms with Gasteiger partial charge in [0.25, 0.3) is 5.91 Å². The van der Waals surface area contributed by atoms with Crippen LogP contribution >= 0.6 is 11.6 Å². The number of alkyl halides is 6. The Balaban J connectivity index is 1.86.